The molecular weight excluding hydrogens is 166 g/mol. The fourth-order valence-electron chi connectivity index (χ4n) is 0.962. The van der Waals surface area contributed by atoms with Gasteiger partial charge in [0.25, 0.3) is 0 Å². The first-order valence-corrected chi connectivity index (χ1v) is 4.19. The van der Waals surface area contributed by atoms with Crippen LogP contribution in [0, 0.1) is 0 Å². The minimum atomic E-state index is 0.496. The van der Waals surface area contributed by atoms with Crippen molar-refractivity contribution >= 4 is 11.6 Å². The monoisotopic (exact) mass is 181 g/mol. The molecule has 0 saturated carbocycles. The van der Waals surface area contributed by atoms with Gasteiger partial charge < -0.3 is 11.2 Å². The van der Waals surface area contributed by atoms with E-state index in [0.29, 0.717) is 5.82 Å². The molecule has 0 aliphatic rings. The van der Waals surface area contributed by atoms with Crippen LogP contribution in [0.25, 0.3) is 0 Å². The molecule has 5 heteroatoms. The number of hydrogen-bond acceptors (Lipinski definition) is 5. The average Bonchev–Trinajstić information content (AvgIpc) is 2.01. The third kappa shape index (κ3) is 2.87. The summed E-state index contributed by atoms with van der Waals surface area (Å²) in [6.07, 6.45) is 0.785. The van der Waals surface area contributed by atoms with E-state index in [1.54, 1.807) is 11.1 Å². The van der Waals surface area contributed by atoms with E-state index in [1.165, 1.54) is 0 Å². The van der Waals surface area contributed by atoms with Crippen molar-refractivity contribution < 1.29 is 0 Å². The Morgan fingerprint density at radius 1 is 1.46 bits per heavy atom. The molecule has 0 amide bonds. The lowest BCUT2D eigenvalue weighted by Crippen LogP contribution is -2.21. The van der Waals surface area contributed by atoms with Crippen LogP contribution < -0.4 is 11.2 Å². The standard InChI is InChI=1S/C8H15N5/c1-4-7-10-6(9)5-8(11-7)12-13(2)3/h5H,4H2,1-3H3,(H3,9,10,11,12). The molecule has 0 aromatic carbocycles. The van der Waals surface area contributed by atoms with Crippen molar-refractivity contribution in [3.8, 4) is 0 Å². The summed E-state index contributed by atoms with van der Waals surface area (Å²) >= 11 is 0. The summed E-state index contributed by atoms with van der Waals surface area (Å²) in [5, 5.41) is 1.81. The van der Waals surface area contributed by atoms with E-state index in [4.69, 9.17) is 5.73 Å². The first kappa shape index (κ1) is 9.73. The van der Waals surface area contributed by atoms with Crippen LogP contribution in [0.2, 0.25) is 0 Å². The van der Waals surface area contributed by atoms with Gasteiger partial charge in [-0.15, -0.1) is 0 Å². The van der Waals surface area contributed by atoms with Crippen molar-refractivity contribution in [3.05, 3.63) is 11.9 Å². The van der Waals surface area contributed by atoms with Crippen molar-refractivity contribution in [1.29, 1.82) is 0 Å². The van der Waals surface area contributed by atoms with Crippen molar-refractivity contribution in [2.75, 3.05) is 25.3 Å². The fraction of sp³-hybridized carbons (Fsp3) is 0.500. The average molecular weight is 181 g/mol. The second-order valence-electron chi connectivity index (χ2n) is 2.95. The van der Waals surface area contributed by atoms with Crippen LogP contribution in [-0.2, 0) is 6.42 Å². The molecular formula is C8H15N5. The Morgan fingerprint density at radius 2 is 2.15 bits per heavy atom. The van der Waals surface area contributed by atoms with Crippen LogP contribution in [0.4, 0.5) is 11.6 Å². The normalized spacial score (nSPS) is 10.5. The number of nitrogen functional groups attached to an aromatic ring is 1. The molecule has 0 bridgehead atoms. The largest absolute Gasteiger partial charge is 0.384 e. The molecule has 0 atom stereocenters. The first-order chi connectivity index (χ1) is 6.11. The summed E-state index contributed by atoms with van der Waals surface area (Å²) in [6, 6.07) is 1.71. The van der Waals surface area contributed by atoms with Crippen LogP contribution in [-0.4, -0.2) is 29.1 Å². The van der Waals surface area contributed by atoms with Gasteiger partial charge in [-0.3, -0.25) is 0 Å². The maximum atomic E-state index is 5.60. The molecule has 0 spiro atoms. The molecule has 0 saturated heterocycles. The molecule has 0 aliphatic carbocycles. The number of aromatic nitrogens is 2. The van der Waals surface area contributed by atoms with E-state index in [-0.39, 0.29) is 0 Å². The molecule has 3 N–H and O–H groups in total. The number of aryl methyl sites for hydroxylation is 1. The van der Waals surface area contributed by atoms with Crippen LogP contribution in [0.3, 0.4) is 0 Å². The molecule has 1 rings (SSSR count). The number of anilines is 2. The highest BCUT2D eigenvalue weighted by Gasteiger charge is 2.00. The molecule has 13 heavy (non-hydrogen) atoms. The molecule has 5 nitrogen and oxygen atoms in total. The summed E-state index contributed by atoms with van der Waals surface area (Å²) in [6.45, 7) is 1.99. The summed E-state index contributed by atoms with van der Waals surface area (Å²) < 4.78 is 0. The minimum absolute atomic E-state index is 0.496. The van der Waals surface area contributed by atoms with Gasteiger partial charge in [-0.25, -0.2) is 15.0 Å². The molecule has 1 heterocycles. The van der Waals surface area contributed by atoms with Crippen LogP contribution >= 0.6 is 0 Å². The van der Waals surface area contributed by atoms with Crippen LogP contribution in [0.1, 0.15) is 12.7 Å². The quantitative estimate of drug-likeness (QED) is 0.665. The zero-order chi connectivity index (χ0) is 9.84. The second-order valence-corrected chi connectivity index (χ2v) is 2.95. The highest BCUT2D eigenvalue weighted by Crippen LogP contribution is 2.08. The van der Waals surface area contributed by atoms with Gasteiger partial charge in [0, 0.05) is 26.6 Å². The lowest BCUT2D eigenvalue weighted by atomic mass is 10.4. The number of nitrogens with two attached hydrogens (primary N) is 1. The summed E-state index contributed by atoms with van der Waals surface area (Å²) in [5.41, 5.74) is 8.62. The lowest BCUT2D eigenvalue weighted by molar-refractivity contribution is 0.491. The van der Waals surface area contributed by atoms with Gasteiger partial charge in [-0.2, -0.15) is 0 Å². The number of nitrogens with zero attached hydrogens (tertiary/aromatic N) is 3. The number of hydrazine groups is 1. The summed E-state index contributed by atoms with van der Waals surface area (Å²) in [7, 11) is 3.79. The Balaban J connectivity index is 2.88. The lowest BCUT2D eigenvalue weighted by Gasteiger charge is -2.13. The Labute approximate surface area is 78.0 Å². The van der Waals surface area contributed by atoms with E-state index in [1.807, 2.05) is 21.0 Å². The molecule has 0 aliphatic heterocycles. The molecule has 0 unspecified atom stereocenters. The van der Waals surface area contributed by atoms with Crippen molar-refractivity contribution in [2.45, 2.75) is 13.3 Å². The Morgan fingerprint density at radius 3 is 2.69 bits per heavy atom. The molecule has 0 fully saturated rings. The van der Waals surface area contributed by atoms with Gasteiger partial charge in [0.05, 0.1) is 0 Å². The maximum Gasteiger partial charge on any atom is 0.146 e. The topological polar surface area (TPSA) is 67.1 Å². The SMILES string of the molecule is CCc1nc(N)cc(NN(C)C)n1. The van der Waals surface area contributed by atoms with E-state index in [2.05, 4.69) is 15.4 Å². The number of nitrogens with one attached hydrogen (secondary N) is 1. The van der Waals surface area contributed by atoms with Gasteiger partial charge in [-0.05, 0) is 0 Å². The number of rotatable bonds is 3. The zero-order valence-electron chi connectivity index (χ0n) is 8.20. The third-order valence-electron chi connectivity index (χ3n) is 1.45. The molecule has 72 valence electrons. The van der Waals surface area contributed by atoms with E-state index >= 15 is 0 Å². The van der Waals surface area contributed by atoms with Crippen molar-refractivity contribution in [2.24, 2.45) is 0 Å². The predicted octanol–water partition coefficient (Wildman–Crippen LogP) is 0.510. The van der Waals surface area contributed by atoms with E-state index in [9.17, 15) is 0 Å². The number of hydrogen-bond donors (Lipinski definition) is 2. The highest BCUT2D eigenvalue weighted by molar-refractivity contribution is 5.43. The van der Waals surface area contributed by atoms with Crippen LogP contribution in [0.15, 0.2) is 6.07 Å². The van der Waals surface area contributed by atoms with Gasteiger partial charge >= 0.3 is 0 Å². The maximum absolute atomic E-state index is 5.60. The fourth-order valence-corrected chi connectivity index (χ4v) is 0.962. The highest BCUT2D eigenvalue weighted by atomic mass is 15.5. The van der Waals surface area contributed by atoms with Gasteiger partial charge in [-0.1, -0.05) is 6.92 Å². The Bertz CT molecular complexity index is 284. The molecule has 1 aromatic rings. The predicted molar refractivity (Wildman–Crippen MR) is 53.1 cm³/mol. The zero-order valence-corrected chi connectivity index (χ0v) is 8.20. The third-order valence-corrected chi connectivity index (χ3v) is 1.45. The first-order valence-electron chi connectivity index (χ1n) is 4.19. The van der Waals surface area contributed by atoms with Crippen LogP contribution in [0.5, 0.6) is 0 Å². The van der Waals surface area contributed by atoms with Gasteiger partial charge in [0.1, 0.15) is 17.5 Å². The Hall–Kier alpha value is -1.36. The smallest absolute Gasteiger partial charge is 0.146 e. The van der Waals surface area contributed by atoms with E-state index in [0.717, 1.165) is 18.1 Å². The summed E-state index contributed by atoms with van der Waals surface area (Å²) in [5.74, 6) is 1.98. The van der Waals surface area contributed by atoms with Crippen molar-refractivity contribution in [1.82, 2.24) is 15.0 Å². The molecule has 0 radical (unpaired) electrons. The van der Waals surface area contributed by atoms with E-state index < -0.39 is 0 Å². The van der Waals surface area contributed by atoms with Crippen molar-refractivity contribution in [3.63, 3.8) is 0 Å². The second kappa shape index (κ2) is 4.04. The summed E-state index contributed by atoms with van der Waals surface area (Å²) in [4.78, 5) is 8.32. The van der Waals surface area contributed by atoms with Gasteiger partial charge in [0.15, 0.2) is 0 Å². The minimum Gasteiger partial charge on any atom is -0.384 e. The van der Waals surface area contributed by atoms with Gasteiger partial charge in [0.2, 0.25) is 0 Å². The molecule has 1 aromatic heterocycles. The Kier molecular flexibility index (Phi) is 3.02.